The second kappa shape index (κ2) is 6.22. The van der Waals surface area contributed by atoms with Gasteiger partial charge in [0.25, 0.3) is 0 Å². The number of aliphatic imine (C=N–C) groups is 1. The average molecular weight is 344 g/mol. The average Bonchev–Trinajstić information content (AvgIpc) is 3.12. The molecule has 0 spiro atoms. The van der Waals surface area contributed by atoms with Crippen LogP contribution in [-0.2, 0) is 7.05 Å². The van der Waals surface area contributed by atoms with Gasteiger partial charge in [0.1, 0.15) is 11.7 Å². The summed E-state index contributed by atoms with van der Waals surface area (Å²) in [6.07, 6.45) is 0. The molecular weight excluding hydrogens is 328 g/mol. The lowest BCUT2D eigenvalue weighted by atomic mass is 10.1. The molecule has 11 heteroatoms. The van der Waals surface area contributed by atoms with Crippen LogP contribution in [0.5, 0.6) is 0 Å². The van der Waals surface area contributed by atoms with Crippen LogP contribution in [-0.4, -0.2) is 30.7 Å². The van der Waals surface area contributed by atoms with Crippen LogP contribution in [0.3, 0.4) is 0 Å². The van der Waals surface area contributed by atoms with E-state index in [2.05, 4.69) is 25.0 Å². The number of thiazole rings is 1. The largest absolute Gasteiger partial charge is 0.370 e. The highest BCUT2D eigenvalue weighted by atomic mass is 32.1. The summed E-state index contributed by atoms with van der Waals surface area (Å²) in [7, 11) is 1.73. The zero-order chi connectivity index (χ0) is 17.3. The van der Waals surface area contributed by atoms with E-state index in [1.165, 1.54) is 16.0 Å². The van der Waals surface area contributed by atoms with E-state index < -0.39 is 6.04 Å². The number of nitrogens with zero attached hydrogens (tertiary/aromatic N) is 6. The van der Waals surface area contributed by atoms with Crippen LogP contribution in [0.15, 0.2) is 28.6 Å². The minimum absolute atomic E-state index is 0.0421. The van der Waals surface area contributed by atoms with Gasteiger partial charge in [-0.15, -0.1) is 16.4 Å². The maximum Gasteiger partial charge on any atom is 0.239 e. The first-order valence-corrected chi connectivity index (χ1v) is 7.76. The first kappa shape index (κ1) is 15.8. The van der Waals surface area contributed by atoms with E-state index in [9.17, 15) is 0 Å². The molecule has 0 bridgehead atoms. The number of hydrogen-bond donors (Lipinski definition) is 4. The number of pyridine rings is 1. The second-order valence-corrected chi connectivity index (χ2v) is 5.77. The van der Waals surface area contributed by atoms with Crippen LogP contribution >= 0.6 is 11.3 Å². The molecular formula is C13H16N10S. The highest BCUT2D eigenvalue weighted by Gasteiger charge is 2.18. The molecule has 10 nitrogen and oxygen atoms in total. The summed E-state index contributed by atoms with van der Waals surface area (Å²) in [5, 5.41) is 6.28. The molecule has 0 saturated carbocycles. The fraction of sp³-hybridized carbons (Fsp3) is 0.154. The van der Waals surface area contributed by atoms with Gasteiger partial charge in [0.2, 0.25) is 11.1 Å². The zero-order valence-corrected chi connectivity index (χ0v) is 13.6. The molecule has 0 aliphatic carbocycles. The number of guanidine groups is 1. The number of hydrogen-bond acceptors (Lipinski definition) is 8. The van der Waals surface area contributed by atoms with Crippen molar-refractivity contribution >= 4 is 28.4 Å². The van der Waals surface area contributed by atoms with Crippen molar-refractivity contribution in [1.82, 2.24) is 24.7 Å². The highest BCUT2D eigenvalue weighted by molar-refractivity contribution is 7.13. The number of nitrogen functional groups attached to an aromatic ring is 1. The van der Waals surface area contributed by atoms with Crippen molar-refractivity contribution in [1.29, 1.82) is 0 Å². The van der Waals surface area contributed by atoms with Crippen molar-refractivity contribution in [3.05, 3.63) is 35.1 Å². The van der Waals surface area contributed by atoms with E-state index in [4.69, 9.17) is 22.9 Å². The monoisotopic (exact) mass is 344 g/mol. The maximum absolute atomic E-state index is 6.23. The summed E-state index contributed by atoms with van der Waals surface area (Å²) in [4.78, 5) is 16.9. The molecule has 24 heavy (non-hydrogen) atoms. The van der Waals surface area contributed by atoms with Crippen molar-refractivity contribution in [3.8, 4) is 11.4 Å². The first-order chi connectivity index (χ1) is 11.4. The fourth-order valence-corrected chi connectivity index (χ4v) is 2.83. The summed E-state index contributed by atoms with van der Waals surface area (Å²) in [6.45, 7) is 0. The second-order valence-electron chi connectivity index (χ2n) is 4.93. The molecule has 0 amide bonds. The number of rotatable bonds is 4. The van der Waals surface area contributed by atoms with Gasteiger partial charge in [-0.3, -0.25) is 0 Å². The number of anilines is 1. The Kier molecular flexibility index (Phi) is 4.10. The van der Waals surface area contributed by atoms with Crippen LogP contribution in [0.1, 0.15) is 17.6 Å². The number of nitrogens with two attached hydrogens (primary N) is 4. The summed E-state index contributed by atoms with van der Waals surface area (Å²) >= 11 is 1.32. The van der Waals surface area contributed by atoms with E-state index >= 15 is 0 Å². The third-order valence-electron chi connectivity index (χ3n) is 3.16. The van der Waals surface area contributed by atoms with Gasteiger partial charge in [-0.25, -0.2) is 14.6 Å². The Labute approximate surface area is 141 Å². The lowest BCUT2D eigenvalue weighted by Gasteiger charge is -2.10. The van der Waals surface area contributed by atoms with E-state index in [1.807, 2.05) is 23.6 Å². The lowest BCUT2D eigenvalue weighted by Crippen LogP contribution is -2.21. The highest BCUT2D eigenvalue weighted by Crippen LogP contribution is 2.26. The van der Waals surface area contributed by atoms with Gasteiger partial charge in [0, 0.05) is 12.4 Å². The van der Waals surface area contributed by atoms with Crippen molar-refractivity contribution < 1.29 is 0 Å². The Bertz CT molecular complexity index is 892. The predicted octanol–water partition coefficient (Wildman–Crippen LogP) is -0.131. The number of aryl methyl sites for hydroxylation is 1. The van der Waals surface area contributed by atoms with E-state index in [0.29, 0.717) is 28.0 Å². The molecule has 0 aromatic carbocycles. The molecule has 0 saturated heterocycles. The minimum atomic E-state index is -0.560. The van der Waals surface area contributed by atoms with Gasteiger partial charge in [0.05, 0.1) is 11.4 Å². The van der Waals surface area contributed by atoms with Gasteiger partial charge in [-0.2, -0.15) is 9.98 Å². The number of aromatic nitrogens is 5. The molecule has 124 valence electrons. The Morgan fingerprint density at radius 2 is 2.00 bits per heavy atom. The third kappa shape index (κ3) is 3.16. The van der Waals surface area contributed by atoms with Crippen molar-refractivity contribution in [2.75, 3.05) is 5.73 Å². The van der Waals surface area contributed by atoms with Crippen LogP contribution < -0.4 is 22.9 Å². The van der Waals surface area contributed by atoms with Crippen molar-refractivity contribution in [2.45, 2.75) is 6.04 Å². The quantitative estimate of drug-likeness (QED) is 0.374. The van der Waals surface area contributed by atoms with E-state index in [0.717, 1.165) is 0 Å². The van der Waals surface area contributed by atoms with Gasteiger partial charge in [-0.05, 0) is 12.1 Å². The summed E-state index contributed by atoms with van der Waals surface area (Å²) in [5.74, 6) is 0.650. The maximum atomic E-state index is 6.23. The van der Waals surface area contributed by atoms with Crippen LogP contribution in [0.25, 0.3) is 11.4 Å². The van der Waals surface area contributed by atoms with Gasteiger partial charge in [-0.1, -0.05) is 6.07 Å². The third-order valence-corrected chi connectivity index (χ3v) is 3.89. The summed E-state index contributed by atoms with van der Waals surface area (Å²) < 4.78 is 1.54. The Hall–Kier alpha value is -3.05. The normalized spacial score (nSPS) is 12.1. The molecule has 1 unspecified atom stereocenters. The Morgan fingerprint density at radius 3 is 2.67 bits per heavy atom. The topological polar surface area (TPSA) is 173 Å². The van der Waals surface area contributed by atoms with Gasteiger partial charge in [0.15, 0.2) is 11.8 Å². The molecule has 3 aromatic rings. The van der Waals surface area contributed by atoms with Crippen molar-refractivity contribution in [3.63, 3.8) is 0 Å². The predicted molar refractivity (Wildman–Crippen MR) is 92.3 cm³/mol. The molecule has 0 fully saturated rings. The molecule has 8 N–H and O–H groups in total. The van der Waals surface area contributed by atoms with Crippen molar-refractivity contribution in [2.24, 2.45) is 29.2 Å². The van der Waals surface area contributed by atoms with Gasteiger partial charge < -0.3 is 22.9 Å². The first-order valence-electron chi connectivity index (χ1n) is 6.88. The Morgan fingerprint density at radius 1 is 1.21 bits per heavy atom. The summed E-state index contributed by atoms with van der Waals surface area (Å²) in [5.41, 5.74) is 24.5. The van der Waals surface area contributed by atoms with Gasteiger partial charge >= 0.3 is 0 Å². The lowest BCUT2D eigenvalue weighted by molar-refractivity contribution is 0.650. The molecule has 0 aliphatic rings. The molecule has 3 heterocycles. The fourth-order valence-electron chi connectivity index (χ4n) is 2.13. The minimum Gasteiger partial charge on any atom is -0.370 e. The summed E-state index contributed by atoms with van der Waals surface area (Å²) in [6, 6.07) is 4.92. The van der Waals surface area contributed by atoms with Crippen LogP contribution in [0.4, 0.5) is 11.1 Å². The zero-order valence-electron chi connectivity index (χ0n) is 12.8. The van der Waals surface area contributed by atoms with Crippen LogP contribution in [0.2, 0.25) is 0 Å². The molecule has 0 radical (unpaired) electrons. The molecule has 0 aliphatic heterocycles. The molecule has 3 aromatic heterocycles. The van der Waals surface area contributed by atoms with E-state index in [1.54, 1.807) is 7.05 Å². The molecule has 3 rings (SSSR count). The Balaban J connectivity index is 1.93. The smallest absolute Gasteiger partial charge is 0.239 e. The SMILES string of the molecule is Cn1nc(N)nc1C(N)c1cccc(-c2csc(N=C(N)N)n2)n1. The van der Waals surface area contributed by atoms with E-state index in [-0.39, 0.29) is 11.9 Å². The standard InChI is InChI=1S/C13H16N10S/c1-23-10(20-12(17)22-23)9(14)7-4-2-3-6(18-7)8-5-24-13(19-8)21-11(15)16/h2-5,9H,14H2,1H3,(H2,17,22)(H4,15,16,19,21). The van der Waals surface area contributed by atoms with Crippen LogP contribution in [0, 0.1) is 0 Å². The molecule has 1 atom stereocenters.